The SMILES string of the molecule is CCOc1c(Br)cc(CNCc2ccccc2Cl)cc1Br.Cl. The van der Waals surface area contributed by atoms with Gasteiger partial charge in [0, 0.05) is 18.1 Å². The van der Waals surface area contributed by atoms with E-state index in [0.717, 1.165) is 38.4 Å². The lowest BCUT2D eigenvalue weighted by Crippen LogP contribution is -2.13. The molecule has 2 nitrogen and oxygen atoms in total. The monoisotopic (exact) mass is 467 g/mol. The molecule has 0 bridgehead atoms. The molecule has 0 amide bonds. The molecule has 0 unspecified atom stereocenters. The number of benzene rings is 2. The number of rotatable bonds is 6. The van der Waals surface area contributed by atoms with Crippen LogP contribution in [0.4, 0.5) is 0 Å². The second kappa shape index (κ2) is 9.78. The van der Waals surface area contributed by atoms with Gasteiger partial charge >= 0.3 is 0 Å². The Morgan fingerprint density at radius 1 is 1.09 bits per heavy atom. The molecule has 0 radical (unpaired) electrons. The van der Waals surface area contributed by atoms with Gasteiger partial charge in [0.1, 0.15) is 5.75 Å². The Morgan fingerprint density at radius 2 is 1.73 bits per heavy atom. The highest BCUT2D eigenvalue weighted by molar-refractivity contribution is 9.11. The minimum Gasteiger partial charge on any atom is -0.492 e. The predicted molar refractivity (Wildman–Crippen MR) is 102 cm³/mol. The van der Waals surface area contributed by atoms with Crippen molar-refractivity contribution in [1.29, 1.82) is 0 Å². The number of halogens is 4. The van der Waals surface area contributed by atoms with Crippen LogP contribution in [0.15, 0.2) is 45.3 Å². The van der Waals surface area contributed by atoms with Gasteiger partial charge < -0.3 is 10.1 Å². The van der Waals surface area contributed by atoms with E-state index in [1.54, 1.807) is 0 Å². The van der Waals surface area contributed by atoms with Crippen LogP contribution in [-0.4, -0.2) is 6.61 Å². The molecule has 0 atom stereocenters. The first-order chi connectivity index (χ1) is 10.1. The van der Waals surface area contributed by atoms with Crippen LogP contribution in [0.1, 0.15) is 18.1 Å². The molecule has 22 heavy (non-hydrogen) atoms. The summed E-state index contributed by atoms with van der Waals surface area (Å²) in [5.74, 6) is 0.840. The summed E-state index contributed by atoms with van der Waals surface area (Å²) in [6.45, 7) is 4.11. The standard InChI is InChI=1S/C16H16Br2ClNO.ClH/c1-2-21-16-13(17)7-11(8-14(16)18)9-20-10-12-5-3-4-6-15(12)19;/h3-8,20H,2,9-10H2,1H3;1H. The maximum Gasteiger partial charge on any atom is 0.147 e. The van der Waals surface area contributed by atoms with Gasteiger partial charge in [-0.2, -0.15) is 0 Å². The molecular formula is C16H17Br2Cl2NO. The molecule has 2 aromatic carbocycles. The van der Waals surface area contributed by atoms with E-state index in [-0.39, 0.29) is 12.4 Å². The normalized spacial score (nSPS) is 10.2. The molecule has 0 spiro atoms. The molecular weight excluding hydrogens is 453 g/mol. The number of nitrogens with one attached hydrogen (secondary N) is 1. The smallest absolute Gasteiger partial charge is 0.147 e. The first-order valence-corrected chi connectivity index (χ1v) is 8.63. The Bertz CT molecular complexity index is 600. The van der Waals surface area contributed by atoms with E-state index in [1.807, 2.05) is 31.2 Å². The molecule has 0 aromatic heterocycles. The molecule has 0 saturated carbocycles. The minimum atomic E-state index is 0. The molecule has 0 saturated heterocycles. The fourth-order valence-electron chi connectivity index (χ4n) is 1.98. The second-order valence-corrected chi connectivity index (χ2v) is 6.63. The van der Waals surface area contributed by atoms with E-state index in [4.69, 9.17) is 16.3 Å². The molecule has 1 N–H and O–H groups in total. The summed E-state index contributed by atoms with van der Waals surface area (Å²) in [4.78, 5) is 0. The summed E-state index contributed by atoms with van der Waals surface area (Å²) < 4.78 is 7.48. The lowest BCUT2D eigenvalue weighted by molar-refractivity contribution is 0.336. The van der Waals surface area contributed by atoms with Gasteiger partial charge in [-0.1, -0.05) is 29.8 Å². The number of ether oxygens (including phenoxy) is 1. The minimum absolute atomic E-state index is 0. The van der Waals surface area contributed by atoms with Crippen LogP contribution in [0.3, 0.4) is 0 Å². The van der Waals surface area contributed by atoms with E-state index in [1.165, 1.54) is 5.56 Å². The van der Waals surface area contributed by atoms with Gasteiger partial charge in [0.2, 0.25) is 0 Å². The molecule has 0 aliphatic carbocycles. The van der Waals surface area contributed by atoms with E-state index < -0.39 is 0 Å². The summed E-state index contributed by atoms with van der Waals surface area (Å²) in [6.07, 6.45) is 0. The van der Waals surface area contributed by atoms with Crippen molar-refractivity contribution in [3.8, 4) is 5.75 Å². The number of hydrogen-bond donors (Lipinski definition) is 1. The average Bonchev–Trinajstić information content (AvgIpc) is 2.45. The van der Waals surface area contributed by atoms with Crippen molar-refractivity contribution < 1.29 is 4.74 Å². The Morgan fingerprint density at radius 3 is 2.32 bits per heavy atom. The third-order valence-corrected chi connectivity index (χ3v) is 4.50. The van der Waals surface area contributed by atoms with E-state index in [0.29, 0.717) is 6.61 Å². The highest BCUT2D eigenvalue weighted by Crippen LogP contribution is 2.34. The van der Waals surface area contributed by atoms with Crippen LogP contribution in [0, 0.1) is 0 Å². The van der Waals surface area contributed by atoms with Crippen molar-refractivity contribution in [3.63, 3.8) is 0 Å². The quantitative estimate of drug-likeness (QED) is 0.562. The van der Waals surface area contributed by atoms with Crippen LogP contribution in [0.2, 0.25) is 5.02 Å². The second-order valence-electron chi connectivity index (χ2n) is 4.52. The van der Waals surface area contributed by atoms with Crippen molar-refractivity contribution in [3.05, 3.63) is 61.5 Å². The first-order valence-electron chi connectivity index (χ1n) is 6.66. The molecule has 6 heteroatoms. The fraction of sp³-hybridized carbons (Fsp3) is 0.250. The van der Waals surface area contributed by atoms with Crippen molar-refractivity contribution >= 4 is 55.9 Å². The van der Waals surface area contributed by atoms with Gasteiger partial charge in [0.15, 0.2) is 0 Å². The van der Waals surface area contributed by atoms with Gasteiger partial charge in [-0.25, -0.2) is 0 Å². The van der Waals surface area contributed by atoms with Crippen LogP contribution in [0.5, 0.6) is 5.75 Å². The summed E-state index contributed by atoms with van der Waals surface area (Å²) in [5, 5.41) is 4.19. The van der Waals surface area contributed by atoms with Crippen LogP contribution < -0.4 is 10.1 Å². The summed E-state index contributed by atoms with van der Waals surface area (Å²) in [6, 6.07) is 12.0. The molecule has 0 aliphatic heterocycles. The van der Waals surface area contributed by atoms with Crippen molar-refractivity contribution in [2.45, 2.75) is 20.0 Å². The Hall–Kier alpha value is -0.260. The third kappa shape index (κ3) is 5.43. The largest absolute Gasteiger partial charge is 0.492 e. The lowest BCUT2D eigenvalue weighted by atomic mass is 10.2. The topological polar surface area (TPSA) is 21.3 Å². The molecule has 0 heterocycles. The maximum atomic E-state index is 6.14. The predicted octanol–water partition coefficient (Wildman–Crippen LogP) is 5.98. The van der Waals surface area contributed by atoms with Gasteiger partial charge in [-0.15, -0.1) is 12.4 Å². The fourth-order valence-corrected chi connectivity index (χ4v) is 3.69. The van der Waals surface area contributed by atoms with Crippen molar-refractivity contribution in [2.24, 2.45) is 0 Å². The Kier molecular flexibility index (Phi) is 8.80. The highest BCUT2D eigenvalue weighted by atomic mass is 79.9. The van der Waals surface area contributed by atoms with Crippen LogP contribution >= 0.6 is 55.9 Å². The third-order valence-electron chi connectivity index (χ3n) is 2.95. The Labute approximate surface area is 159 Å². The number of hydrogen-bond acceptors (Lipinski definition) is 2. The van der Waals surface area contributed by atoms with Gasteiger partial charge in [-0.05, 0) is 68.1 Å². The van der Waals surface area contributed by atoms with Crippen molar-refractivity contribution in [2.75, 3.05) is 6.61 Å². The molecule has 0 fully saturated rings. The molecule has 2 rings (SSSR count). The maximum absolute atomic E-state index is 6.14. The van der Waals surface area contributed by atoms with Crippen LogP contribution in [-0.2, 0) is 13.1 Å². The lowest BCUT2D eigenvalue weighted by Gasteiger charge is -2.12. The van der Waals surface area contributed by atoms with Gasteiger partial charge in [0.25, 0.3) is 0 Å². The Balaban J connectivity index is 0.00000242. The van der Waals surface area contributed by atoms with E-state index in [9.17, 15) is 0 Å². The zero-order chi connectivity index (χ0) is 15.2. The first kappa shape index (κ1) is 19.8. The molecule has 0 aliphatic rings. The average molecular weight is 470 g/mol. The molecule has 2 aromatic rings. The summed E-state index contributed by atoms with van der Waals surface area (Å²) >= 11 is 13.2. The van der Waals surface area contributed by atoms with Crippen molar-refractivity contribution in [1.82, 2.24) is 5.32 Å². The highest BCUT2D eigenvalue weighted by Gasteiger charge is 2.08. The summed E-state index contributed by atoms with van der Waals surface area (Å²) in [5.41, 5.74) is 2.27. The zero-order valence-corrected chi connectivity index (χ0v) is 16.8. The van der Waals surface area contributed by atoms with Gasteiger partial charge in [0.05, 0.1) is 15.6 Å². The van der Waals surface area contributed by atoms with E-state index >= 15 is 0 Å². The summed E-state index contributed by atoms with van der Waals surface area (Å²) in [7, 11) is 0. The van der Waals surface area contributed by atoms with Gasteiger partial charge in [-0.3, -0.25) is 0 Å². The zero-order valence-electron chi connectivity index (χ0n) is 12.0. The molecule has 120 valence electrons. The van der Waals surface area contributed by atoms with E-state index in [2.05, 4.69) is 49.3 Å². The van der Waals surface area contributed by atoms with Crippen LogP contribution in [0.25, 0.3) is 0 Å².